The summed E-state index contributed by atoms with van der Waals surface area (Å²) in [7, 11) is 0. The topological polar surface area (TPSA) is 90.6 Å². The summed E-state index contributed by atoms with van der Waals surface area (Å²) in [6.07, 6.45) is 0. The van der Waals surface area contributed by atoms with Crippen molar-refractivity contribution in [2.24, 2.45) is 0 Å². The number of anilines is 2. The lowest BCUT2D eigenvalue weighted by Crippen LogP contribution is -2.21. The summed E-state index contributed by atoms with van der Waals surface area (Å²) >= 11 is 0. The average molecular weight is 314 g/mol. The van der Waals surface area contributed by atoms with E-state index in [0.717, 1.165) is 0 Å². The lowest BCUT2D eigenvalue weighted by molar-refractivity contribution is -0.119. The van der Waals surface area contributed by atoms with Crippen molar-refractivity contribution in [2.45, 2.75) is 6.92 Å². The Morgan fingerprint density at radius 1 is 1.09 bits per heavy atom. The summed E-state index contributed by atoms with van der Waals surface area (Å²) in [5.41, 5.74) is 6.75. The van der Waals surface area contributed by atoms with Gasteiger partial charge < -0.3 is 20.5 Å². The molecule has 0 spiro atoms. The maximum Gasteiger partial charge on any atom is 0.340 e. The highest BCUT2D eigenvalue weighted by molar-refractivity contribution is 5.98. The second kappa shape index (κ2) is 7.84. The van der Waals surface area contributed by atoms with E-state index in [-0.39, 0.29) is 5.56 Å². The molecule has 0 heterocycles. The van der Waals surface area contributed by atoms with Gasteiger partial charge in [-0.3, -0.25) is 4.79 Å². The molecule has 0 radical (unpaired) electrons. The van der Waals surface area contributed by atoms with E-state index in [1.807, 2.05) is 6.92 Å². The fourth-order valence-corrected chi connectivity index (χ4v) is 1.93. The number of nitrogen functional groups attached to an aromatic ring is 1. The molecule has 2 rings (SSSR count). The molecule has 3 N–H and O–H groups in total. The number of amides is 1. The fraction of sp³-hybridized carbons (Fsp3) is 0.176. The van der Waals surface area contributed by atoms with Crippen LogP contribution in [-0.2, 0) is 9.53 Å². The molecular weight excluding hydrogens is 296 g/mol. The van der Waals surface area contributed by atoms with E-state index >= 15 is 0 Å². The molecule has 0 aromatic heterocycles. The molecule has 0 aliphatic rings. The normalized spacial score (nSPS) is 9.96. The minimum Gasteiger partial charge on any atom is -0.492 e. The van der Waals surface area contributed by atoms with Crippen LogP contribution in [0.15, 0.2) is 48.5 Å². The molecule has 0 bridgehead atoms. The van der Waals surface area contributed by atoms with Crippen molar-refractivity contribution >= 4 is 23.3 Å². The van der Waals surface area contributed by atoms with Crippen LogP contribution in [0.5, 0.6) is 5.75 Å². The molecule has 6 heteroatoms. The van der Waals surface area contributed by atoms with Crippen molar-refractivity contribution in [2.75, 3.05) is 24.3 Å². The SMILES string of the molecule is CCOc1ccccc1NC(=O)COC(=O)c1ccccc1N. The molecule has 6 nitrogen and oxygen atoms in total. The summed E-state index contributed by atoms with van der Waals surface area (Å²) in [6, 6.07) is 13.5. The molecule has 2 aromatic rings. The molecule has 23 heavy (non-hydrogen) atoms. The molecule has 0 saturated carbocycles. The van der Waals surface area contributed by atoms with Crippen LogP contribution in [0.3, 0.4) is 0 Å². The van der Waals surface area contributed by atoms with Crippen LogP contribution in [0.2, 0.25) is 0 Å². The smallest absolute Gasteiger partial charge is 0.340 e. The second-order valence-corrected chi connectivity index (χ2v) is 4.64. The van der Waals surface area contributed by atoms with E-state index in [1.165, 1.54) is 0 Å². The van der Waals surface area contributed by atoms with Gasteiger partial charge in [0.2, 0.25) is 0 Å². The second-order valence-electron chi connectivity index (χ2n) is 4.64. The lowest BCUT2D eigenvalue weighted by Gasteiger charge is -2.11. The van der Waals surface area contributed by atoms with Gasteiger partial charge in [-0.2, -0.15) is 0 Å². The monoisotopic (exact) mass is 314 g/mol. The third-order valence-electron chi connectivity index (χ3n) is 2.98. The summed E-state index contributed by atoms with van der Waals surface area (Å²) in [4.78, 5) is 23.8. The van der Waals surface area contributed by atoms with Crippen LogP contribution in [-0.4, -0.2) is 25.1 Å². The molecule has 0 fully saturated rings. The number of para-hydroxylation sites is 3. The molecule has 0 saturated heterocycles. The van der Waals surface area contributed by atoms with Crippen LogP contribution in [0.1, 0.15) is 17.3 Å². The first-order chi connectivity index (χ1) is 11.1. The number of nitrogens with two attached hydrogens (primary N) is 1. The van der Waals surface area contributed by atoms with Crippen molar-refractivity contribution in [1.29, 1.82) is 0 Å². The standard InChI is InChI=1S/C17H18N2O4/c1-2-22-15-10-6-5-9-14(15)19-16(20)11-23-17(21)12-7-3-4-8-13(12)18/h3-10H,2,11,18H2,1H3,(H,19,20). The lowest BCUT2D eigenvalue weighted by atomic mass is 10.2. The van der Waals surface area contributed by atoms with Crippen molar-refractivity contribution < 1.29 is 19.1 Å². The van der Waals surface area contributed by atoms with Crippen molar-refractivity contribution in [3.05, 3.63) is 54.1 Å². The first-order valence-corrected chi connectivity index (χ1v) is 7.15. The Labute approximate surface area is 134 Å². The van der Waals surface area contributed by atoms with Gasteiger partial charge in [0.1, 0.15) is 5.75 Å². The number of hydrogen-bond acceptors (Lipinski definition) is 5. The Bertz CT molecular complexity index is 700. The first-order valence-electron chi connectivity index (χ1n) is 7.15. The predicted octanol–water partition coefficient (Wildman–Crippen LogP) is 2.46. The fourth-order valence-electron chi connectivity index (χ4n) is 1.93. The predicted molar refractivity (Wildman–Crippen MR) is 87.4 cm³/mol. The minimum absolute atomic E-state index is 0.231. The van der Waals surface area contributed by atoms with Crippen LogP contribution >= 0.6 is 0 Å². The van der Waals surface area contributed by atoms with Crippen LogP contribution < -0.4 is 15.8 Å². The maximum absolute atomic E-state index is 11.9. The van der Waals surface area contributed by atoms with Gasteiger partial charge in [-0.25, -0.2) is 4.79 Å². The molecule has 120 valence electrons. The van der Waals surface area contributed by atoms with Crippen LogP contribution in [0, 0.1) is 0 Å². The van der Waals surface area contributed by atoms with Gasteiger partial charge in [-0.15, -0.1) is 0 Å². The quantitative estimate of drug-likeness (QED) is 0.631. The van der Waals surface area contributed by atoms with Crippen molar-refractivity contribution in [1.82, 2.24) is 0 Å². The Kier molecular flexibility index (Phi) is 5.57. The molecule has 0 atom stereocenters. The van der Waals surface area contributed by atoms with E-state index in [1.54, 1.807) is 48.5 Å². The van der Waals surface area contributed by atoms with Crippen molar-refractivity contribution in [3.63, 3.8) is 0 Å². The molecule has 0 aliphatic heterocycles. The van der Waals surface area contributed by atoms with Gasteiger partial charge in [-0.05, 0) is 31.2 Å². The van der Waals surface area contributed by atoms with Gasteiger partial charge in [0.05, 0.1) is 17.9 Å². The highest BCUT2D eigenvalue weighted by Gasteiger charge is 2.13. The summed E-state index contributed by atoms with van der Waals surface area (Å²) in [6.45, 7) is 1.92. The first kappa shape index (κ1) is 16.4. The number of carbonyl (C=O) groups excluding carboxylic acids is 2. The van der Waals surface area contributed by atoms with Crippen molar-refractivity contribution in [3.8, 4) is 5.75 Å². The Morgan fingerprint density at radius 2 is 1.78 bits per heavy atom. The third kappa shape index (κ3) is 4.47. The summed E-state index contributed by atoms with van der Waals surface area (Å²) in [5.74, 6) is -0.543. The van der Waals surface area contributed by atoms with E-state index < -0.39 is 18.5 Å². The van der Waals surface area contributed by atoms with Gasteiger partial charge in [0.15, 0.2) is 6.61 Å². The zero-order chi connectivity index (χ0) is 16.7. The number of ether oxygens (including phenoxy) is 2. The average Bonchev–Trinajstić information content (AvgIpc) is 2.55. The van der Waals surface area contributed by atoms with Crippen LogP contribution in [0.25, 0.3) is 0 Å². The van der Waals surface area contributed by atoms with Gasteiger partial charge in [0.25, 0.3) is 5.91 Å². The Hall–Kier alpha value is -3.02. The maximum atomic E-state index is 11.9. The molecular formula is C17H18N2O4. The van der Waals surface area contributed by atoms with Gasteiger partial charge in [-0.1, -0.05) is 24.3 Å². The molecule has 2 aromatic carbocycles. The van der Waals surface area contributed by atoms with Crippen LogP contribution in [0.4, 0.5) is 11.4 Å². The zero-order valence-electron chi connectivity index (χ0n) is 12.7. The number of hydrogen-bond donors (Lipinski definition) is 2. The van der Waals surface area contributed by atoms with E-state index in [2.05, 4.69) is 5.32 Å². The summed E-state index contributed by atoms with van der Waals surface area (Å²) in [5, 5.41) is 2.64. The van der Waals surface area contributed by atoms with Gasteiger partial charge >= 0.3 is 5.97 Å². The number of carbonyl (C=O) groups is 2. The zero-order valence-corrected chi connectivity index (χ0v) is 12.7. The minimum atomic E-state index is -0.642. The number of nitrogens with one attached hydrogen (secondary N) is 1. The molecule has 0 unspecified atom stereocenters. The number of esters is 1. The van der Waals surface area contributed by atoms with E-state index in [9.17, 15) is 9.59 Å². The highest BCUT2D eigenvalue weighted by atomic mass is 16.5. The summed E-state index contributed by atoms with van der Waals surface area (Å²) < 4.78 is 10.4. The van der Waals surface area contributed by atoms with Gasteiger partial charge in [0, 0.05) is 5.69 Å². The number of benzene rings is 2. The number of rotatable bonds is 6. The largest absolute Gasteiger partial charge is 0.492 e. The molecule has 0 aliphatic carbocycles. The molecule has 1 amide bonds. The Balaban J connectivity index is 1.93. The van der Waals surface area contributed by atoms with E-state index in [0.29, 0.717) is 23.7 Å². The Morgan fingerprint density at radius 3 is 2.52 bits per heavy atom. The highest BCUT2D eigenvalue weighted by Crippen LogP contribution is 2.23. The van der Waals surface area contributed by atoms with E-state index in [4.69, 9.17) is 15.2 Å². The third-order valence-corrected chi connectivity index (χ3v) is 2.98.